The summed E-state index contributed by atoms with van der Waals surface area (Å²) in [6.45, 7) is 3.62. The maximum atomic E-state index is 13.8. The van der Waals surface area contributed by atoms with Gasteiger partial charge in [-0.15, -0.1) is 0 Å². The normalized spacial score (nSPS) is 10.9. The van der Waals surface area contributed by atoms with Crippen LogP contribution >= 0.6 is 23.2 Å². The molecule has 13 heteroatoms. The molecule has 0 aliphatic carbocycles. The molecule has 11 nitrogen and oxygen atoms in total. The molecule has 0 saturated heterocycles. The van der Waals surface area contributed by atoms with Crippen molar-refractivity contribution in [2.24, 2.45) is 0 Å². The van der Waals surface area contributed by atoms with E-state index in [-0.39, 0.29) is 33.9 Å². The summed E-state index contributed by atoms with van der Waals surface area (Å²) in [5, 5.41) is 11.8. The Morgan fingerprint density at radius 2 is 1.17 bits per heavy atom. The zero-order chi connectivity index (χ0) is 33.2. The van der Waals surface area contributed by atoms with E-state index < -0.39 is 11.8 Å². The minimum absolute atomic E-state index is 0.0381. The van der Waals surface area contributed by atoms with Crippen molar-refractivity contribution in [3.63, 3.8) is 0 Å². The highest BCUT2D eigenvalue weighted by molar-refractivity contribution is 6.31. The number of amides is 2. The minimum atomic E-state index is -0.724. The number of benzene rings is 4. The van der Waals surface area contributed by atoms with Crippen molar-refractivity contribution in [1.29, 1.82) is 0 Å². The van der Waals surface area contributed by atoms with E-state index in [0.717, 1.165) is 16.7 Å². The van der Waals surface area contributed by atoms with Crippen LogP contribution in [-0.2, 0) is 0 Å². The summed E-state index contributed by atoms with van der Waals surface area (Å²) < 4.78 is 16.7. The van der Waals surface area contributed by atoms with E-state index in [1.54, 1.807) is 54.9 Å². The fraction of sp³-hybridized carbons (Fsp3) is 0.0588. The Labute approximate surface area is 277 Å². The lowest BCUT2D eigenvalue weighted by Gasteiger charge is -2.16. The molecular weight excluding hydrogens is 647 g/mol. The van der Waals surface area contributed by atoms with Crippen molar-refractivity contribution in [2.45, 2.75) is 0 Å². The molecule has 2 heterocycles. The molecule has 238 valence electrons. The molecule has 0 aliphatic heterocycles. The number of aromatic nitrogens is 2. The van der Waals surface area contributed by atoms with E-state index in [2.05, 4.69) is 32.3 Å². The fourth-order valence-corrected chi connectivity index (χ4v) is 5.76. The molecule has 0 bridgehead atoms. The van der Waals surface area contributed by atoms with Gasteiger partial charge in [-0.25, -0.2) is 5.26 Å². The van der Waals surface area contributed by atoms with Crippen LogP contribution in [0.2, 0.25) is 10.0 Å². The maximum absolute atomic E-state index is 13.8. The highest BCUT2D eigenvalue weighted by Crippen LogP contribution is 2.43. The van der Waals surface area contributed by atoms with Crippen molar-refractivity contribution in [3.05, 3.63) is 107 Å². The molecule has 6 aromatic rings. The Balaban J connectivity index is 1.39. The van der Waals surface area contributed by atoms with Gasteiger partial charge in [-0.05, 0) is 35.4 Å². The van der Waals surface area contributed by atoms with E-state index in [0.29, 0.717) is 37.6 Å². The van der Waals surface area contributed by atoms with Crippen molar-refractivity contribution in [1.82, 2.24) is 20.8 Å². The lowest BCUT2D eigenvalue weighted by atomic mass is 10.0. The van der Waals surface area contributed by atoms with Crippen molar-refractivity contribution in [2.75, 3.05) is 14.2 Å². The van der Waals surface area contributed by atoms with Crippen LogP contribution in [0, 0.1) is 0 Å². The standard InChI is InChI=1S/C34H26Cl2N4O7/c1-4-46-25-13-23(44-2)27-21(17-5-9-19(35)10-6-17)15-37-31(27)30(25)34(42)40-39-33(41)29-24(45-3)14-26(47-43)28-22(16-38-32(28)29)18-7-11-20(36)12-8-18/h4-16,37-38,43H,1H2,2-3H3,(H,39,41)(H,40,42). The summed E-state index contributed by atoms with van der Waals surface area (Å²) >= 11 is 12.2. The molecule has 0 unspecified atom stereocenters. The number of ether oxygens (including phenoxy) is 3. The number of hydrogen-bond donors (Lipinski definition) is 5. The Hall–Kier alpha value is -5.62. The van der Waals surface area contributed by atoms with Gasteiger partial charge in [0, 0.05) is 45.7 Å². The summed E-state index contributed by atoms with van der Waals surface area (Å²) in [5.74, 6) is -0.757. The monoisotopic (exact) mass is 672 g/mol. The molecule has 6 rings (SSSR count). The number of rotatable bonds is 9. The van der Waals surface area contributed by atoms with Gasteiger partial charge in [0.05, 0.1) is 42.3 Å². The molecule has 5 N–H and O–H groups in total. The quantitative estimate of drug-likeness (QED) is 0.0599. The SMILES string of the molecule is C=COc1cc(OC)c2c(-c3ccc(Cl)cc3)c[nH]c2c1C(=O)NNC(=O)c1c(OC)cc(OO)c2c(-c3ccc(Cl)cc3)c[nH]c12. The minimum Gasteiger partial charge on any atom is -0.496 e. The first-order chi connectivity index (χ1) is 22.8. The lowest BCUT2D eigenvalue weighted by Crippen LogP contribution is -2.42. The highest BCUT2D eigenvalue weighted by Gasteiger charge is 2.27. The molecular formula is C34H26Cl2N4O7. The number of halogens is 2. The molecule has 0 atom stereocenters. The zero-order valence-electron chi connectivity index (χ0n) is 24.9. The van der Waals surface area contributed by atoms with Gasteiger partial charge in [-0.2, -0.15) is 0 Å². The average Bonchev–Trinajstić information content (AvgIpc) is 3.72. The van der Waals surface area contributed by atoms with Crippen LogP contribution in [0.25, 0.3) is 44.1 Å². The van der Waals surface area contributed by atoms with Crippen LogP contribution in [0.1, 0.15) is 20.7 Å². The van der Waals surface area contributed by atoms with Crippen molar-refractivity contribution < 1.29 is 33.9 Å². The molecule has 2 aromatic heterocycles. The van der Waals surface area contributed by atoms with Crippen LogP contribution in [0.15, 0.2) is 85.9 Å². The van der Waals surface area contributed by atoms with E-state index in [4.69, 9.17) is 37.4 Å². The average molecular weight is 674 g/mol. The smallest absolute Gasteiger partial charge is 0.275 e. The summed E-state index contributed by atoms with van der Waals surface area (Å²) in [5.41, 5.74) is 8.66. The molecule has 2 amide bonds. The lowest BCUT2D eigenvalue weighted by molar-refractivity contribution is -0.136. The molecule has 4 aromatic carbocycles. The summed E-state index contributed by atoms with van der Waals surface area (Å²) in [7, 11) is 2.86. The second-order valence-electron chi connectivity index (χ2n) is 10.1. The number of H-pyrrole nitrogens is 2. The Morgan fingerprint density at radius 3 is 1.62 bits per heavy atom. The Bertz CT molecular complexity index is 2160. The van der Waals surface area contributed by atoms with E-state index in [1.807, 2.05) is 12.1 Å². The second-order valence-corrected chi connectivity index (χ2v) is 11.0. The number of carbonyl (C=O) groups excluding carboxylic acids is 2. The first-order valence-electron chi connectivity index (χ1n) is 13.9. The molecule has 0 spiro atoms. The first-order valence-corrected chi connectivity index (χ1v) is 14.7. The fourth-order valence-electron chi connectivity index (χ4n) is 5.51. The number of aromatic amines is 2. The number of hydrogen-bond acceptors (Lipinski definition) is 7. The topological polar surface area (TPSA) is 147 Å². The second kappa shape index (κ2) is 13.0. The number of carbonyl (C=O) groups is 2. The Morgan fingerprint density at radius 1 is 0.723 bits per heavy atom. The van der Waals surface area contributed by atoms with Gasteiger partial charge in [-0.3, -0.25) is 20.4 Å². The van der Waals surface area contributed by atoms with Crippen molar-refractivity contribution >= 4 is 56.8 Å². The Kier molecular flexibility index (Phi) is 8.68. The molecule has 0 fully saturated rings. The molecule has 0 radical (unpaired) electrons. The van der Waals surface area contributed by atoms with Crippen molar-refractivity contribution in [3.8, 4) is 45.3 Å². The van der Waals surface area contributed by atoms with Crippen LogP contribution in [0.5, 0.6) is 23.0 Å². The zero-order valence-corrected chi connectivity index (χ0v) is 26.4. The third-order valence-electron chi connectivity index (χ3n) is 7.57. The third-order valence-corrected chi connectivity index (χ3v) is 8.08. The molecule has 0 aliphatic rings. The van der Waals surface area contributed by atoms with Gasteiger partial charge in [0.1, 0.15) is 28.4 Å². The molecule has 0 saturated carbocycles. The van der Waals surface area contributed by atoms with Crippen LogP contribution in [-0.4, -0.2) is 41.3 Å². The first kappa shape index (κ1) is 31.4. The summed E-state index contributed by atoms with van der Waals surface area (Å²) in [6.07, 6.45) is 4.57. The maximum Gasteiger partial charge on any atom is 0.275 e. The highest BCUT2D eigenvalue weighted by atomic mass is 35.5. The van der Waals surface area contributed by atoms with Crippen LogP contribution in [0.4, 0.5) is 0 Å². The predicted molar refractivity (Wildman–Crippen MR) is 180 cm³/mol. The van der Waals surface area contributed by atoms with Crippen LogP contribution in [0.3, 0.4) is 0 Å². The van der Waals surface area contributed by atoms with Gasteiger partial charge < -0.3 is 29.1 Å². The third kappa shape index (κ3) is 5.67. The predicted octanol–water partition coefficient (Wildman–Crippen LogP) is 7.76. The summed E-state index contributed by atoms with van der Waals surface area (Å²) in [4.78, 5) is 38.4. The largest absolute Gasteiger partial charge is 0.496 e. The number of fused-ring (bicyclic) bond motifs is 2. The van der Waals surface area contributed by atoms with E-state index in [1.165, 1.54) is 26.5 Å². The van der Waals surface area contributed by atoms with Gasteiger partial charge >= 0.3 is 0 Å². The number of hydrazine groups is 1. The van der Waals surface area contributed by atoms with E-state index >= 15 is 0 Å². The van der Waals surface area contributed by atoms with Gasteiger partial charge in [0.15, 0.2) is 5.75 Å². The van der Waals surface area contributed by atoms with Gasteiger partial charge in [-0.1, -0.05) is 54.0 Å². The summed E-state index contributed by atoms with van der Waals surface area (Å²) in [6, 6.07) is 17.1. The van der Waals surface area contributed by atoms with Crippen LogP contribution < -0.4 is 29.9 Å². The van der Waals surface area contributed by atoms with Gasteiger partial charge in [0.2, 0.25) is 0 Å². The number of nitrogens with one attached hydrogen (secondary N) is 4. The van der Waals surface area contributed by atoms with Gasteiger partial charge in [0.25, 0.3) is 11.8 Å². The van der Waals surface area contributed by atoms with E-state index in [9.17, 15) is 14.8 Å². The number of methoxy groups -OCH3 is 2. The molecule has 47 heavy (non-hydrogen) atoms.